The first-order chi connectivity index (χ1) is 13.2. The average Bonchev–Trinajstić information content (AvgIpc) is 2.71. The molecule has 0 aliphatic carbocycles. The third kappa shape index (κ3) is 5.38. The van der Waals surface area contributed by atoms with Crippen molar-refractivity contribution in [2.75, 3.05) is 38.8 Å². The van der Waals surface area contributed by atoms with E-state index in [4.69, 9.17) is 14.6 Å². The first-order valence-corrected chi connectivity index (χ1v) is 9.19. The fourth-order valence-corrected chi connectivity index (χ4v) is 2.96. The highest BCUT2D eigenvalue weighted by molar-refractivity contribution is 5.76. The van der Waals surface area contributed by atoms with E-state index in [0.717, 1.165) is 40.4 Å². The molecule has 2 aromatic carbocycles. The lowest BCUT2D eigenvalue weighted by molar-refractivity contribution is 0.302. The van der Waals surface area contributed by atoms with Crippen LogP contribution in [-0.4, -0.2) is 39.0 Å². The van der Waals surface area contributed by atoms with Gasteiger partial charge in [0, 0.05) is 29.9 Å². The first kappa shape index (κ1) is 20.6. The molecule has 0 aromatic heterocycles. The highest BCUT2D eigenvalue weighted by Crippen LogP contribution is 2.31. The van der Waals surface area contributed by atoms with Crippen LogP contribution in [0, 0.1) is 0 Å². The number of ether oxygens (including phenoxy) is 2. The topological polar surface area (TPSA) is 41.9 Å². The number of hydrogen-bond acceptors (Lipinski definition) is 4. The summed E-state index contributed by atoms with van der Waals surface area (Å²) in [6.07, 6.45) is 8.06. The van der Waals surface area contributed by atoms with Crippen molar-refractivity contribution in [1.29, 1.82) is 0 Å². The number of likely N-dealkylation sites (N-methyl/N-ethyl adjacent to an activating group) is 1. The Kier molecular flexibility index (Phi) is 7.96. The smallest absolute Gasteiger partial charge is 0.126 e. The zero-order valence-electron chi connectivity index (χ0n) is 16.6. The summed E-state index contributed by atoms with van der Waals surface area (Å²) in [6.45, 7) is 5.72. The minimum absolute atomic E-state index is 0.153. The van der Waals surface area contributed by atoms with E-state index < -0.39 is 0 Å². The van der Waals surface area contributed by atoms with Crippen LogP contribution in [0.2, 0.25) is 0 Å². The summed E-state index contributed by atoms with van der Waals surface area (Å²) in [5.74, 6) is 1.61. The molecule has 2 rings (SSSR count). The molecule has 0 aliphatic heterocycles. The van der Waals surface area contributed by atoms with Gasteiger partial charge in [0.25, 0.3) is 0 Å². The lowest BCUT2D eigenvalue weighted by atomic mass is 10.1. The van der Waals surface area contributed by atoms with Crippen molar-refractivity contribution >= 4 is 23.9 Å². The number of aliphatic hydroxyl groups is 1. The maximum atomic E-state index is 9.16. The largest absolute Gasteiger partial charge is 0.496 e. The summed E-state index contributed by atoms with van der Waals surface area (Å²) in [5.41, 5.74) is 4.15. The molecule has 0 unspecified atom stereocenters. The number of allylic oxidation sites excluding steroid dienone is 1. The molecule has 0 bridgehead atoms. The predicted octanol–water partition coefficient (Wildman–Crippen LogP) is 4.73. The lowest BCUT2D eigenvalue weighted by Gasteiger charge is -2.21. The van der Waals surface area contributed by atoms with Gasteiger partial charge >= 0.3 is 0 Å². The zero-order chi connectivity index (χ0) is 19.6. The van der Waals surface area contributed by atoms with Crippen LogP contribution in [0.1, 0.15) is 30.5 Å². The second-order valence-electron chi connectivity index (χ2n) is 6.06. The lowest BCUT2D eigenvalue weighted by Crippen LogP contribution is -2.25. The second kappa shape index (κ2) is 10.4. The van der Waals surface area contributed by atoms with Crippen molar-refractivity contribution in [2.45, 2.75) is 13.8 Å². The number of hydrogen-bond donors (Lipinski definition) is 1. The highest BCUT2D eigenvalue weighted by Gasteiger charge is 2.08. The van der Waals surface area contributed by atoms with Crippen molar-refractivity contribution < 1.29 is 14.6 Å². The van der Waals surface area contributed by atoms with Crippen LogP contribution in [0.25, 0.3) is 18.2 Å². The van der Waals surface area contributed by atoms with Crippen molar-refractivity contribution in [1.82, 2.24) is 0 Å². The van der Waals surface area contributed by atoms with Crippen LogP contribution in [0.15, 0.2) is 42.5 Å². The minimum Gasteiger partial charge on any atom is -0.496 e. The summed E-state index contributed by atoms with van der Waals surface area (Å²) in [7, 11) is 3.35. The fraction of sp³-hybridized carbons (Fsp3) is 0.304. The molecule has 0 saturated heterocycles. The van der Waals surface area contributed by atoms with Gasteiger partial charge in [0.2, 0.25) is 0 Å². The summed E-state index contributed by atoms with van der Waals surface area (Å²) in [5, 5.41) is 9.16. The number of benzene rings is 2. The molecule has 0 spiro atoms. The summed E-state index contributed by atoms with van der Waals surface area (Å²) < 4.78 is 11.0. The normalized spacial score (nSPS) is 11.3. The van der Waals surface area contributed by atoms with Gasteiger partial charge in [0.1, 0.15) is 11.5 Å². The van der Waals surface area contributed by atoms with Gasteiger partial charge in [-0.2, -0.15) is 0 Å². The van der Waals surface area contributed by atoms with Gasteiger partial charge in [0.05, 0.1) is 20.8 Å². The molecule has 0 atom stereocenters. The van der Waals surface area contributed by atoms with Gasteiger partial charge in [-0.1, -0.05) is 36.4 Å². The van der Waals surface area contributed by atoms with E-state index in [1.54, 1.807) is 14.2 Å². The second-order valence-corrected chi connectivity index (χ2v) is 6.06. The number of rotatable bonds is 9. The van der Waals surface area contributed by atoms with E-state index in [1.165, 1.54) is 0 Å². The molecule has 1 N–H and O–H groups in total. The molecule has 27 heavy (non-hydrogen) atoms. The molecule has 4 heteroatoms. The molecule has 0 saturated carbocycles. The van der Waals surface area contributed by atoms with Gasteiger partial charge in [-0.25, -0.2) is 0 Å². The molecule has 0 aliphatic rings. The van der Waals surface area contributed by atoms with Crippen LogP contribution < -0.4 is 14.4 Å². The van der Waals surface area contributed by atoms with Crippen LogP contribution >= 0.6 is 0 Å². The zero-order valence-corrected chi connectivity index (χ0v) is 16.6. The van der Waals surface area contributed by atoms with E-state index in [-0.39, 0.29) is 6.61 Å². The molecule has 4 nitrogen and oxygen atoms in total. The maximum Gasteiger partial charge on any atom is 0.126 e. The SMILES string of the molecule is CC=Cc1cc(OC)c(C=Cc2ccc(N(CC)CCO)cc2)cc1OC. The molecular weight excluding hydrogens is 338 g/mol. The third-order valence-corrected chi connectivity index (χ3v) is 4.39. The van der Waals surface area contributed by atoms with Gasteiger partial charge in [0.15, 0.2) is 0 Å². The average molecular weight is 367 g/mol. The maximum absolute atomic E-state index is 9.16. The summed E-state index contributed by atoms with van der Waals surface area (Å²) >= 11 is 0. The molecule has 0 fully saturated rings. The Morgan fingerprint density at radius 2 is 1.52 bits per heavy atom. The standard InChI is InChI=1S/C23H29NO3/c1-5-7-19-16-23(27-4)20(17-22(19)26-3)11-8-18-9-12-21(13-10-18)24(6-2)14-15-25/h5,7-13,16-17,25H,6,14-15H2,1-4H3. The Labute approximate surface area is 162 Å². The van der Waals surface area contributed by atoms with Gasteiger partial charge < -0.3 is 19.5 Å². The Balaban J connectivity index is 2.26. The molecular formula is C23H29NO3. The van der Waals surface area contributed by atoms with Gasteiger partial charge in [-0.05, 0) is 43.7 Å². The third-order valence-electron chi connectivity index (χ3n) is 4.39. The highest BCUT2D eigenvalue weighted by atomic mass is 16.5. The number of anilines is 1. The number of nitrogens with zero attached hydrogens (tertiary/aromatic N) is 1. The van der Waals surface area contributed by atoms with Crippen molar-refractivity contribution in [3.63, 3.8) is 0 Å². The van der Waals surface area contributed by atoms with Crippen molar-refractivity contribution in [3.8, 4) is 11.5 Å². The van der Waals surface area contributed by atoms with E-state index >= 15 is 0 Å². The van der Waals surface area contributed by atoms with Gasteiger partial charge in [-0.3, -0.25) is 0 Å². The predicted molar refractivity (Wildman–Crippen MR) is 115 cm³/mol. The van der Waals surface area contributed by atoms with E-state index in [2.05, 4.69) is 42.2 Å². The molecule has 0 heterocycles. The molecule has 0 amide bonds. The summed E-state index contributed by atoms with van der Waals surface area (Å²) in [4.78, 5) is 2.14. The van der Waals surface area contributed by atoms with E-state index in [9.17, 15) is 0 Å². The van der Waals surface area contributed by atoms with Crippen LogP contribution in [-0.2, 0) is 0 Å². The van der Waals surface area contributed by atoms with Crippen molar-refractivity contribution in [3.05, 3.63) is 59.2 Å². The van der Waals surface area contributed by atoms with E-state index in [0.29, 0.717) is 6.54 Å². The Morgan fingerprint density at radius 1 is 0.926 bits per heavy atom. The number of methoxy groups -OCH3 is 2. The quantitative estimate of drug-likeness (QED) is 0.651. The Bertz CT molecular complexity index is 779. The minimum atomic E-state index is 0.153. The molecule has 144 valence electrons. The first-order valence-electron chi connectivity index (χ1n) is 9.19. The van der Waals surface area contributed by atoms with Crippen LogP contribution in [0.5, 0.6) is 11.5 Å². The number of aliphatic hydroxyl groups excluding tert-OH is 1. The molecule has 0 radical (unpaired) electrons. The van der Waals surface area contributed by atoms with Gasteiger partial charge in [-0.15, -0.1) is 0 Å². The van der Waals surface area contributed by atoms with Crippen LogP contribution in [0.3, 0.4) is 0 Å². The van der Waals surface area contributed by atoms with Crippen molar-refractivity contribution in [2.24, 2.45) is 0 Å². The Hall–Kier alpha value is -2.72. The molecule has 2 aromatic rings. The van der Waals surface area contributed by atoms with Crippen LogP contribution in [0.4, 0.5) is 5.69 Å². The van der Waals surface area contributed by atoms with E-state index in [1.807, 2.05) is 37.3 Å². The monoisotopic (exact) mass is 367 g/mol. The fourth-order valence-electron chi connectivity index (χ4n) is 2.96. The Morgan fingerprint density at radius 3 is 2.00 bits per heavy atom. The summed E-state index contributed by atoms with van der Waals surface area (Å²) in [6, 6.07) is 12.3.